The zero-order valence-electron chi connectivity index (χ0n) is 24.0. The van der Waals surface area contributed by atoms with Gasteiger partial charge in [-0.15, -0.1) is 18.3 Å². The van der Waals surface area contributed by atoms with E-state index < -0.39 is 18.2 Å². The summed E-state index contributed by atoms with van der Waals surface area (Å²) in [7, 11) is 0. The van der Waals surface area contributed by atoms with E-state index in [9.17, 15) is 27.2 Å². The first-order valence-electron chi connectivity index (χ1n) is 13.6. The highest BCUT2D eigenvalue weighted by molar-refractivity contribution is 8.15. The third-order valence-corrected chi connectivity index (χ3v) is 7.31. The minimum Gasteiger partial charge on any atom is -0.485 e. The van der Waals surface area contributed by atoms with Gasteiger partial charge >= 0.3 is 12.4 Å². The topological polar surface area (TPSA) is 111 Å². The Morgan fingerprint density at radius 2 is 1.84 bits per heavy atom. The third-order valence-electron chi connectivity index (χ3n) is 6.39. The van der Waals surface area contributed by atoms with Crippen molar-refractivity contribution in [3.05, 3.63) is 89.8 Å². The zero-order chi connectivity index (χ0) is 32.1. The first-order valence-corrected chi connectivity index (χ1v) is 14.6. The van der Waals surface area contributed by atoms with Crippen LogP contribution in [0.3, 0.4) is 0 Å². The SMILES string of the molecule is CCCc1ccc(C)cc1N1C(=O)CS/C1=N\C(=O)Nc1ccc(OCc2ncn(-c3ccc(OC(F)(F)F)cc3)n2)cc1F. The van der Waals surface area contributed by atoms with Crippen LogP contribution >= 0.6 is 11.8 Å². The first-order chi connectivity index (χ1) is 21.5. The van der Waals surface area contributed by atoms with Gasteiger partial charge in [0.05, 0.1) is 22.8 Å². The standard InChI is InChI=1S/C30H26F4N6O4S/c1-3-4-19-6-5-18(2)13-25(19)40-27(41)16-45-29(40)37-28(42)36-24-12-11-22(14-23(24)31)43-15-26-35-17-39(38-26)20-7-9-21(10-8-20)44-30(32,33)34/h5-14,17H,3-4,15-16H2,1-2H3,(H,36,42)/b37-29-. The Labute approximate surface area is 259 Å². The lowest BCUT2D eigenvalue weighted by molar-refractivity contribution is -0.274. The molecule has 15 heteroatoms. The van der Waals surface area contributed by atoms with E-state index in [0.717, 1.165) is 53.9 Å². The van der Waals surface area contributed by atoms with Crippen LogP contribution in [0.25, 0.3) is 5.69 Å². The molecule has 0 bridgehead atoms. The van der Waals surface area contributed by atoms with Crippen LogP contribution in [0.2, 0.25) is 0 Å². The van der Waals surface area contributed by atoms with Gasteiger partial charge in [-0.05, 0) is 66.9 Å². The number of nitrogens with zero attached hydrogens (tertiary/aromatic N) is 5. The van der Waals surface area contributed by atoms with E-state index in [1.165, 1.54) is 40.2 Å². The van der Waals surface area contributed by atoms with E-state index in [0.29, 0.717) is 11.4 Å². The molecule has 0 aliphatic carbocycles. The summed E-state index contributed by atoms with van der Waals surface area (Å²) in [5.41, 5.74) is 2.89. The van der Waals surface area contributed by atoms with E-state index in [1.54, 1.807) is 0 Å². The van der Waals surface area contributed by atoms with Gasteiger partial charge in [-0.2, -0.15) is 4.99 Å². The van der Waals surface area contributed by atoms with Crippen LogP contribution < -0.4 is 19.7 Å². The lowest BCUT2D eigenvalue weighted by Crippen LogP contribution is -2.31. The average Bonchev–Trinajstić information content (AvgIpc) is 3.60. The number of ether oxygens (including phenoxy) is 2. The van der Waals surface area contributed by atoms with Gasteiger partial charge in [0.15, 0.2) is 11.0 Å². The molecule has 234 valence electrons. The van der Waals surface area contributed by atoms with Crippen molar-refractivity contribution < 1.29 is 36.6 Å². The predicted octanol–water partition coefficient (Wildman–Crippen LogP) is 6.81. The fraction of sp³-hybridized carbons (Fsp3) is 0.233. The average molecular weight is 643 g/mol. The Morgan fingerprint density at radius 1 is 1.09 bits per heavy atom. The van der Waals surface area contributed by atoms with Gasteiger partial charge in [-0.25, -0.2) is 18.9 Å². The zero-order valence-corrected chi connectivity index (χ0v) is 24.8. The molecule has 1 aliphatic rings. The molecule has 0 radical (unpaired) electrons. The molecule has 3 amide bonds. The molecule has 3 aromatic carbocycles. The number of anilines is 2. The molecule has 1 aromatic heterocycles. The number of benzene rings is 3. The molecular formula is C30H26F4N6O4S. The number of thioether (sulfide) groups is 1. The third kappa shape index (κ3) is 7.98. The number of hydrogen-bond donors (Lipinski definition) is 1. The molecule has 5 rings (SSSR count). The minimum atomic E-state index is -4.80. The maximum atomic E-state index is 14.9. The number of aryl methyl sites for hydroxylation is 2. The minimum absolute atomic E-state index is 0.127. The van der Waals surface area contributed by atoms with Crippen LogP contribution in [0.4, 0.5) is 33.7 Å². The fourth-order valence-corrected chi connectivity index (χ4v) is 5.26. The maximum absolute atomic E-state index is 14.9. The normalized spacial score (nSPS) is 14.2. The van der Waals surface area contributed by atoms with Crippen LogP contribution in [-0.4, -0.2) is 44.0 Å². The number of carbonyl (C=O) groups excluding carboxylic acids is 2. The van der Waals surface area contributed by atoms with Crippen molar-refractivity contribution in [1.29, 1.82) is 0 Å². The van der Waals surface area contributed by atoms with Crippen molar-refractivity contribution >= 4 is 40.2 Å². The predicted molar refractivity (Wildman–Crippen MR) is 160 cm³/mol. The summed E-state index contributed by atoms with van der Waals surface area (Å²) in [5.74, 6) is -0.869. The molecule has 0 spiro atoms. The van der Waals surface area contributed by atoms with Crippen molar-refractivity contribution in [2.75, 3.05) is 16.0 Å². The van der Waals surface area contributed by atoms with Gasteiger partial charge in [-0.3, -0.25) is 9.69 Å². The molecule has 2 heterocycles. The molecule has 1 saturated heterocycles. The van der Waals surface area contributed by atoms with Gasteiger partial charge in [0.1, 0.15) is 30.3 Å². The van der Waals surface area contributed by atoms with Crippen molar-refractivity contribution in [3.8, 4) is 17.2 Å². The Kier molecular flexibility index (Phi) is 9.37. The van der Waals surface area contributed by atoms with Gasteiger partial charge in [0.2, 0.25) is 5.91 Å². The lowest BCUT2D eigenvalue weighted by Gasteiger charge is -2.20. The Hall–Kier alpha value is -4.92. The number of aliphatic imine (C=N–C) groups is 1. The van der Waals surface area contributed by atoms with E-state index >= 15 is 0 Å². The van der Waals surface area contributed by atoms with Crippen molar-refractivity contribution in [3.63, 3.8) is 0 Å². The summed E-state index contributed by atoms with van der Waals surface area (Å²) in [6, 6.07) is 13.8. The van der Waals surface area contributed by atoms with Gasteiger partial charge in [0, 0.05) is 6.07 Å². The Bertz CT molecular complexity index is 1740. The largest absolute Gasteiger partial charge is 0.573 e. The molecule has 1 N–H and O–H groups in total. The van der Waals surface area contributed by atoms with E-state index in [4.69, 9.17) is 4.74 Å². The summed E-state index contributed by atoms with van der Waals surface area (Å²) in [6.45, 7) is 3.81. The summed E-state index contributed by atoms with van der Waals surface area (Å²) in [6.07, 6.45) is -1.83. The first kappa shape index (κ1) is 31.5. The Morgan fingerprint density at radius 3 is 2.56 bits per heavy atom. The van der Waals surface area contributed by atoms with E-state index in [1.807, 2.05) is 32.0 Å². The molecule has 45 heavy (non-hydrogen) atoms. The lowest BCUT2D eigenvalue weighted by atomic mass is 10.0. The number of rotatable bonds is 9. The number of amidine groups is 1. The van der Waals surface area contributed by atoms with Crippen LogP contribution in [0.5, 0.6) is 11.5 Å². The number of urea groups is 1. The number of alkyl halides is 3. The fourth-order valence-electron chi connectivity index (χ4n) is 4.40. The number of amides is 3. The molecule has 1 aliphatic heterocycles. The molecule has 1 fully saturated rings. The van der Waals surface area contributed by atoms with Crippen molar-refractivity contribution in [1.82, 2.24) is 14.8 Å². The van der Waals surface area contributed by atoms with Crippen molar-refractivity contribution in [2.45, 2.75) is 39.7 Å². The van der Waals surface area contributed by atoms with Gasteiger partial charge < -0.3 is 14.8 Å². The number of hydrogen-bond acceptors (Lipinski definition) is 7. The number of nitrogens with one attached hydrogen (secondary N) is 1. The Balaban J connectivity index is 1.21. The van der Waals surface area contributed by atoms with Gasteiger partial charge in [-0.1, -0.05) is 37.2 Å². The highest BCUT2D eigenvalue weighted by Gasteiger charge is 2.32. The van der Waals surface area contributed by atoms with Crippen LogP contribution in [0.15, 0.2) is 72.0 Å². The smallest absolute Gasteiger partial charge is 0.485 e. The molecular weight excluding hydrogens is 616 g/mol. The number of halogens is 4. The van der Waals surface area contributed by atoms with Crippen LogP contribution in [-0.2, 0) is 17.8 Å². The summed E-state index contributed by atoms with van der Waals surface area (Å²) < 4.78 is 62.7. The quantitative estimate of drug-likeness (QED) is 0.200. The second kappa shape index (κ2) is 13.4. The monoisotopic (exact) mass is 642 g/mol. The summed E-state index contributed by atoms with van der Waals surface area (Å²) in [4.78, 5) is 35.1. The number of carbonyl (C=O) groups is 2. The van der Waals surface area contributed by atoms with Crippen LogP contribution in [0.1, 0.15) is 30.3 Å². The summed E-state index contributed by atoms with van der Waals surface area (Å²) >= 11 is 1.13. The second-order valence-corrected chi connectivity index (χ2v) is 10.7. The highest BCUT2D eigenvalue weighted by Crippen LogP contribution is 2.32. The molecule has 0 unspecified atom stereocenters. The molecule has 10 nitrogen and oxygen atoms in total. The molecule has 0 atom stereocenters. The van der Waals surface area contributed by atoms with E-state index in [2.05, 4.69) is 25.1 Å². The highest BCUT2D eigenvalue weighted by atomic mass is 32.2. The maximum Gasteiger partial charge on any atom is 0.573 e. The van der Waals surface area contributed by atoms with Crippen LogP contribution in [0, 0.1) is 12.7 Å². The summed E-state index contributed by atoms with van der Waals surface area (Å²) in [5, 5.41) is 6.82. The van der Waals surface area contributed by atoms with Crippen molar-refractivity contribution in [2.24, 2.45) is 4.99 Å². The molecule has 0 saturated carbocycles. The second-order valence-electron chi connectivity index (χ2n) is 9.80. The van der Waals surface area contributed by atoms with E-state index in [-0.39, 0.29) is 46.4 Å². The molecule has 4 aromatic rings. The van der Waals surface area contributed by atoms with Gasteiger partial charge in [0.25, 0.3) is 0 Å². The number of aromatic nitrogens is 3.